The highest BCUT2D eigenvalue weighted by Crippen LogP contribution is 2.26. The Morgan fingerprint density at radius 3 is 2.53 bits per heavy atom. The quantitative estimate of drug-likeness (QED) is 0.733. The number of hydrogen-bond donors (Lipinski definition) is 0. The maximum Gasteiger partial charge on any atom is 0.165 e. The zero-order valence-corrected chi connectivity index (χ0v) is 9.55. The Balaban J connectivity index is 2.30. The van der Waals surface area contributed by atoms with Gasteiger partial charge in [0.25, 0.3) is 0 Å². The van der Waals surface area contributed by atoms with Crippen molar-refractivity contribution in [2.45, 2.75) is 5.88 Å². The SMILES string of the molecule is Fc1cc(CCl)cc(Oc2ccccc2F)c1. The Morgan fingerprint density at radius 2 is 1.82 bits per heavy atom. The van der Waals surface area contributed by atoms with E-state index in [4.69, 9.17) is 16.3 Å². The van der Waals surface area contributed by atoms with Gasteiger partial charge >= 0.3 is 0 Å². The zero-order valence-electron chi connectivity index (χ0n) is 8.79. The van der Waals surface area contributed by atoms with Crippen LogP contribution in [0.25, 0.3) is 0 Å². The van der Waals surface area contributed by atoms with Crippen molar-refractivity contribution in [1.82, 2.24) is 0 Å². The van der Waals surface area contributed by atoms with E-state index in [0.717, 1.165) is 0 Å². The molecule has 0 aliphatic carbocycles. The fraction of sp³-hybridized carbons (Fsp3) is 0.0769. The third kappa shape index (κ3) is 2.94. The van der Waals surface area contributed by atoms with Crippen LogP contribution in [-0.2, 0) is 5.88 Å². The molecule has 4 heteroatoms. The van der Waals surface area contributed by atoms with Crippen LogP contribution in [0.4, 0.5) is 8.78 Å². The topological polar surface area (TPSA) is 9.23 Å². The number of alkyl halides is 1. The molecular weight excluding hydrogens is 246 g/mol. The molecule has 0 N–H and O–H groups in total. The summed E-state index contributed by atoms with van der Waals surface area (Å²) in [5.41, 5.74) is 0.581. The Labute approximate surface area is 103 Å². The number of hydrogen-bond acceptors (Lipinski definition) is 1. The molecular formula is C13H9ClF2O. The van der Waals surface area contributed by atoms with Gasteiger partial charge in [-0.15, -0.1) is 11.6 Å². The fourth-order valence-corrected chi connectivity index (χ4v) is 1.57. The van der Waals surface area contributed by atoms with Gasteiger partial charge in [0.05, 0.1) is 0 Å². The maximum absolute atomic E-state index is 13.3. The van der Waals surface area contributed by atoms with Crippen LogP contribution in [0.2, 0.25) is 0 Å². The van der Waals surface area contributed by atoms with E-state index in [0.29, 0.717) is 5.56 Å². The van der Waals surface area contributed by atoms with Gasteiger partial charge in [-0.3, -0.25) is 0 Å². The summed E-state index contributed by atoms with van der Waals surface area (Å²) < 4.78 is 31.8. The molecule has 0 atom stereocenters. The molecule has 17 heavy (non-hydrogen) atoms. The first kappa shape index (κ1) is 11.9. The predicted molar refractivity (Wildman–Crippen MR) is 62.4 cm³/mol. The van der Waals surface area contributed by atoms with E-state index < -0.39 is 11.6 Å². The van der Waals surface area contributed by atoms with E-state index in [1.54, 1.807) is 18.2 Å². The van der Waals surface area contributed by atoms with Gasteiger partial charge in [0.1, 0.15) is 11.6 Å². The molecule has 0 amide bonds. The molecule has 0 spiro atoms. The third-order valence-corrected chi connectivity index (χ3v) is 2.46. The van der Waals surface area contributed by atoms with Crippen LogP contribution in [0.3, 0.4) is 0 Å². The average Bonchev–Trinajstić information content (AvgIpc) is 2.31. The first-order valence-electron chi connectivity index (χ1n) is 4.97. The van der Waals surface area contributed by atoms with Crippen molar-refractivity contribution in [1.29, 1.82) is 0 Å². The summed E-state index contributed by atoms with van der Waals surface area (Å²) in [5, 5.41) is 0. The third-order valence-electron chi connectivity index (χ3n) is 2.15. The summed E-state index contributed by atoms with van der Waals surface area (Å²) >= 11 is 5.61. The van der Waals surface area contributed by atoms with Gasteiger partial charge < -0.3 is 4.74 Å². The Morgan fingerprint density at radius 1 is 1.06 bits per heavy atom. The molecule has 2 aromatic carbocycles. The number of ether oxygens (including phenoxy) is 1. The number of rotatable bonds is 3. The average molecular weight is 255 g/mol. The van der Waals surface area contributed by atoms with Gasteiger partial charge in [-0.25, -0.2) is 8.78 Å². The van der Waals surface area contributed by atoms with Crippen LogP contribution in [0.5, 0.6) is 11.5 Å². The number of benzene rings is 2. The van der Waals surface area contributed by atoms with Crippen LogP contribution in [-0.4, -0.2) is 0 Å². The minimum atomic E-state index is -0.496. The molecule has 0 aliphatic heterocycles. The van der Waals surface area contributed by atoms with Crippen molar-refractivity contribution >= 4 is 11.6 Å². The number of halogens is 3. The molecule has 0 aromatic heterocycles. The van der Waals surface area contributed by atoms with Crippen molar-refractivity contribution in [2.75, 3.05) is 0 Å². The van der Waals surface area contributed by atoms with Gasteiger partial charge in [0.15, 0.2) is 11.6 Å². The Hall–Kier alpha value is -1.61. The second-order valence-corrected chi connectivity index (χ2v) is 3.73. The highest BCUT2D eigenvalue weighted by molar-refractivity contribution is 6.17. The summed E-state index contributed by atoms with van der Waals surface area (Å²) in [5.74, 6) is -0.506. The lowest BCUT2D eigenvalue weighted by Gasteiger charge is -2.07. The molecule has 2 aromatic rings. The first-order chi connectivity index (χ1) is 8.19. The number of para-hydroxylation sites is 1. The summed E-state index contributed by atoms with van der Waals surface area (Å²) in [4.78, 5) is 0. The highest BCUT2D eigenvalue weighted by Gasteiger charge is 2.06. The van der Waals surface area contributed by atoms with E-state index in [2.05, 4.69) is 0 Å². The molecule has 0 saturated heterocycles. The van der Waals surface area contributed by atoms with Crippen LogP contribution in [0.1, 0.15) is 5.56 Å². The predicted octanol–water partition coefficient (Wildman–Crippen LogP) is 4.50. The van der Waals surface area contributed by atoms with Crippen molar-refractivity contribution in [3.05, 3.63) is 59.7 Å². The van der Waals surface area contributed by atoms with Crippen LogP contribution in [0.15, 0.2) is 42.5 Å². The molecule has 2 rings (SSSR count). The molecule has 0 unspecified atom stereocenters. The molecule has 0 bridgehead atoms. The summed E-state index contributed by atoms with van der Waals surface area (Å²) in [6, 6.07) is 10.0. The van der Waals surface area contributed by atoms with Crippen molar-refractivity contribution < 1.29 is 13.5 Å². The lowest BCUT2D eigenvalue weighted by molar-refractivity contribution is 0.438. The van der Waals surface area contributed by atoms with Gasteiger partial charge in [0, 0.05) is 11.9 Å². The minimum Gasteiger partial charge on any atom is -0.454 e. The van der Waals surface area contributed by atoms with Gasteiger partial charge in [-0.1, -0.05) is 12.1 Å². The van der Waals surface area contributed by atoms with E-state index in [1.807, 2.05) is 0 Å². The Kier molecular flexibility index (Phi) is 3.59. The largest absolute Gasteiger partial charge is 0.454 e. The minimum absolute atomic E-state index is 0.0543. The molecule has 88 valence electrons. The normalized spacial score (nSPS) is 10.3. The van der Waals surface area contributed by atoms with Crippen LogP contribution in [0, 0.1) is 11.6 Å². The highest BCUT2D eigenvalue weighted by atomic mass is 35.5. The Bertz CT molecular complexity index is 529. The monoisotopic (exact) mass is 254 g/mol. The molecule has 0 radical (unpaired) electrons. The second-order valence-electron chi connectivity index (χ2n) is 3.46. The van der Waals surface area contributed by atoms with E-state index in [1.165, 1.54) is 24.3 Å². The molecule has 0 heterocycles. The molecule has 0 fully saturated rings. The van der Waals surface area contributed by atoms with E-state index in [9.17, 15) is 8.78 Å². The molecule has 1 nitrogen and oxygen atoms in total. The van der Waals surface area contributed by atoms with Crippen LogP contribution < -0.4 is 4.74 Å². The van der Waals surface area contributed by atoms with E-state index in [-0.39, 0.29) is 17.4 Å². The van der Waals surface area contributed by atoms with Crippen LogP contribution >= 0.6 is 11.6 Å². The second kappa shape index (κ2) is 5.15. The standard InChI is InChI=1S/C13H9ClF2O/c14-8-9-5-10(15)7-11(6-9)17-13-4-2-1-3-12(13)16/h1-7H,8H2. The van der Waals surface area contributed by atoms with Crippen molar-refractivity contribution in [3.8, 4) is 11.5 Å². The zero-order chi connectivity index (χ0) is 12.3. The van der Waals surface area contributed by atoms with Gasteiger partial charge in [-0.05, 0) is 29.8 Å². The summed E-state index contributed by atoms with van der Waals surface area (Å²) in [6.07, 6.45) is 0. The molecule has 0 aliphatic rings. The van der Waals surface area contributed by atoms with E-state index >= 15 is 0 Å². The maximum atomic E-state index is 13.3. The van der Waals surface area contributed by atoms with Crippen molar-refractivity contribution in [2.24, 2.45) is 0 Å². The lowest BCUT2D eigenvalue weighted by atomic mass is 10.2. The first-order valence-corrected chi connectivity index (χ1v) is 5.50. The fourth-order valence-electron chi connectivity index (χ4n) is 1.41. The molecule has 0 saturated carbocycles. The summed E-state index contributed by atoms with van der Waals surface area (Å²) in [7, 11) is 0. The summed E-state index contributed by atoms with van der Waals surface area (Å²) in [6.45, 7) is 0. The van der Waals surface area contributed by atoms with Gasteiger partial charge in [-0.2, -0.15) is 0 Å². The van der Waals surface area contributed by atoms with Gasteiger partial charge in [0.2, 0.25) is 0 Å². The lowest BCUT2D eigenvalue weighted by Crippen LogP contribution is -1.90. The smallest absolute Gasteiger partial charge is 0.165 e. The van der Waals surface area contributed by atoms with Crippen molar-refractivity contribution in [3.63, 3.8) is 0 Å².